The van der Waals surface area contributed by atoms with Gasteiger partial charge in [0.05, 0.1) is 11.6 Å². The van der Waals surface area contributed by atoms with E-state index < -0.39 is 5.82 Å². The molecule has 1 heterocycles. The Morgan fingerprint density at radius 2 is 2.20 bits per heavy atom. The van der Waals surface area contributed by atoms with E-state index in [-0.39, 0.29) is 10.8 Å². The van der Waals surface area contributed by atoms with Crippen molar-refractivity contribution in [3.05, 3.63) is 46.9 Å². The minimum atomic E-state index is -0.513. The lowest BCUT2D eigenvalue weighted by molar-refractivity contribution is 0.336. The van der Waals surface area contributed by atoms with Gasteiger partial charge in [0.15, 0.2) is 11.6 Å². The Hall–Kier alpha value is -1.85. The van der Waals surface area contributed by atoms with Crippen LogP contribution in [-0.4, -0.2) is 11.6 Å². The molecule has 3 N–H and O–H groups in total. The van der Waals surface area contributed by atoms with Crippen molar-refractivity contribution in [2.45, 2.75) is 13.5 Å². The highest BCUT2D eigenvalue weighted by molar-refractivity contribution is 6.30. The van der Waals surface area contributed by atoms with E-state index in [0.29, 0.717) is 18.8 Å². The molecule has 0 amide bonds. The smallest absolute Gasteiger partial charge is 0.167 e. The molecule has 4 nitrogen and oxygen atoms in total. The van der Waals surface area contributed by atoms with Crippen LogP contribution in [0.4, 0.5) is 15.9 Å². The van der Waals surface area contributed by atoms with Gasteiger partial charge in [-0.05, 0) is 31.2 Å². The number of anilines is 2. The minimum absolute atomic E-state index is 0.113. The Balaban J connectivity index is 2.25. The zero-order chi connectivity index (χ0) is 14.5. The molecule has 0 fully saturated rings. The molecule has 0 saturated carbocycles. The first-order chi connectivity index (χ1) is 9.63. The minimum Gasteiger partial charge on any atom is -0.494 e. The van der Waals surface area contributed by atoms with Crippen molar-refractivity contribution in [3.8, 4) is 5.75 Å². The molecule has 0 unspecified atom stereocenters. The summed E-state index contributed by atoms with van der Waals surface area (Å²) in [7, 11) is 0. The van der Waals surface area contributed by atoms with Gasteiger partial charge >= 0.3 is 0 Å². The molecule has 0 saturated heterocycles. The lowest BCUT2D eigenvalue weighted by Crippen LogP contribution is -2.04. The van der Waals surface area contributed by atoms with Crippen molar-refractivity contribution in [3.63, 3.8) is 0 Å². The molecule has 6 heteroatoms. The average Bonchev–Trinajstić information content (AvgIpc) is 2.43. The topological polar surface area (TPSA) is 60.2 Å². The largest absolute Gasteiger partial charge is 0.494 e. The van der Waals surface area contributed by atoms with Crippen LogP contribution >= 0.6 is 11.6 Å². The number of nitrogens with zero attached hydrogens (tertiary/aromatic N) is 1. The molecule has 0 spiro atoms. The number of aromatic nitrogens is 1. The van der Waals surface area contributed by atoms with Crippen LogP contribution < -0.4 is 15.8 Å². The normalized spacial score (nSPS) is 10.4. The maximum absolute atomic E-state index is 13.7. The average molecular weight is 296 g/mol. The van der Waals surface area contributed by atoms with E-state index in [4.69, 9.17) is 22.1 Å². The standard InChI is InChI=1S/C14H15ClFN3O/c1-2-20-13-4-3-11(5-9(13)7-17)19-14-12(16)6-10(15)8-18-14/h3-6,8H,2,7,17H2,1H3,(H,18,19). The Morgan fingerprint density at radius 3 is 2.85 bits per heavy atom. The third-order valence-corrected chi connectivity index (χ3v) is 2.86. The van der Waals surface area contributed by atoms with Crippen molar-refractivity contribution in [2.24, 2.45) is 5.73 Å². The van der Waals surface area contributed by atoms with Crippen LogP contribution in [0.1, 0.15) is 12.5 Å². The van der Waals surface area contributed by atoms with E-state index in [0.717, 1.165) is 11.3 Å². The lowest BCUT2D eigenvalue weighted by atomic mass is 10.1. The van der Waals surface area contributed by atoms with E-state index >= 15 is 0 Å². The predicted molar refractivity (Wildman–Crippen MR) is 78.0 cm³/mol. The molecular weight excluding hydrogens is 281 g/mol. The van der Waals surface area contributed by atoms with E-state index in [1.165, 1.54) is 12.3 Å². The van der Waals surface area contributed by atoms with Gasteiger partial charge in [-0.15, -0.1) is 0 Å². The van der Waals surface area contributed by atoms with Crippen molar-refractivity contribution < 1.29 is 9.13 Å². The highest BCUT2D eigenvalue weighted by atomic mass is 35.5. The first-order valence-electron chi connectivity index (χ1n) is 6.18. The second-order valence-electron chi connectivity index (χ2n) is 4.07. The van der Waals surface area contributed by atoms with Crippen LogP contribution in [0.3, 0.4) is 0 Å². The van der Waals surface area contributed by atoms with Gasteiger partial charge in [0.25, 0.3) is 0 Å². The molecule has 106 valence electrons. The first-order valence-corrected chi connectivity index (χ1v) is 6.55. The first kappa shape index (κ1) is 14.6. The predicted octanol–water partition coefficient (Wildman–Crippen LogP) is 3.48. The van der Waals surface area contributed by atoms with Crippen molar-refractivity contribution in [2.75, 3.05) is 11.9 Å². The van der Waals surface area contributed by atoms with E-state index in [1.54, 1.807) is 18.2 Å². The zero-order valence-corrected chi connectivity index (χ0v) is 11.7. The third-order valence-electron chi connectivity index (χ3n) is 2.65. The Kier molecular flexibility index (Phi) is 4.76. The van der Waals surface area contributed by atoms with Gasteiger partial charge in [0, 0.05) is 24.0 Å². The number of hydrogen-bond acceptors (Lipinski definition) is 4. The van der Waals surface area contributed by atoms with Crippen LogP contribution in [-0.2, 0) is 6.54 Å². The van der Waals surface area contributed by atoms with E-state index in [9.17, 15) is 4.39 Å². The molecular formula is C14H15ClFN3O. The number of nitrogens with one attached hydrogen (secondary N) is 1. The van der Waals surface area contributed by atoms with Crippen molar-refractivity contribution in [1.29, 1.82) is 0 Å². The number of nitrogens with two attached hydrogens (primary N) is 1. The quantitative estimate of drug-likeness (QED) is 0.886. The Labute approximate surface area is 121 Å². The van der Waals surface area contributed by atoms with Crippen LogP contribution in [0.15, 0.2) is 30.5 Å². The van der Waals surface area contributed by atoms with Crippen molar-refractivity contribution >= 4 is 23.1 Å². The monoisotopic (exact) mass is 295 g/mol. The van der Waals surface area contributed by atoms with Gasteiger partial charge in [-0.3, -0.25) is 0 Å². The van der Waals surface area contributed by atoms with Gasteiger partial charge in [-0.2, -0.15) is 0 Å². The molecule has 20 heavy (non-hydrogen) atoms. The maximum atomic E-state index is 13.7. The van der Waals surface area contributed by atoms with Gasteiger partial charge in [0.2, 0.25) is 0 Å². The van der Waals surface area contributed by atoms with Gasteiger partial charge < -0.3 is 15.8 Å². The molecule has 0 atom stereocenters. The fraction of sp³-hybridized carbons (Fsp3) is 0.214. The van der Waals surface area contributed by atoms with Gasteiger partial charge in [-0.1, -0.05) is 11.6 Å². The molecule has 2 aromatic rings. The SMILES string of the molecule is CCOc1ccc(Nc2ncc(Cl)cc2F)cc1CN. The van der Waals surface area contributed by atoms with Crippen molar-refractivity contribution in [1.82, 2.24) is 4.98 Å². The zero-order valence-electron chi connectivity index (χ0n) is 11.0. The number of pyridine rings is 1. The number of benzene rings is 1. The van der Waals surface area contributed by atoms with Crippen LogP contribution in [0.5, 0.6) is 5.75 Å². The summed E-state index contributed by atoms with van der Waals surface area (Å²) < 4.78 is 19.1. The number of ether oxygens (including phenoxy) is 1. The molecule has 0 radical (unpaired) electrons. The summed E-state index contributed by atoms with van der Waals surface area (Å²) in [5.41, 5.74) is 7.20. The molecule has 0 aliphatic rings. The highest BCUT2D eigenvalue weighted by Crippen LogP contribution is 2.25. The fourth-order valence-electron chi connectivity index (χ4n) is 1.76. The number of hydrogen-bond donors (Lipinski definition) is 2. The van der Waals surface area contributed by atoms with Gasteiger partial charge in [-0.25, -0.2) is 9.37 Å². The fourth-order valence-corrected chi connectivity index (χ4v) is 1.90. The summed E-state index contributed by atoms with van der Waals surface area (Å²) in [5, 5.41) is 3.14. The summed E-state index contributed by atoms with van der Waals surface area (Å²) in [6.45, 7) is 2.80. The Morgan fingerprint density at radius 1 is 1.40 bits per heavy atom. The summed E-state index contributed by atoms with van der Waals surface area (Å²) in [5.74, 6) is 0.326. The van der Waals surface area contributed by atoms with E-state index in [1.807, 2.05) is 6.92 Å². The highest BCUT2D eigenvalue weighted by Gasteiger charge is 2.07. The summed E-state index contributed by atoms with van der Waals surface area (Å²) in [4.78, 5) is 3.91. The molecule has 2 rings (SSSR count). The summed E-state index contributed by atoms with van der Waals surface area (Å²) in [6, 6.07) is 6.58. The molecule has 0 aliphatic heterocycles. The Bertz CT molecular complexity index is 607. The van der Waals surface area contributed by atoms with Crippen LogP contribution in [0, 0.1) is 5.82 Å². The maximum Gasteiger partial charge on any atom is 0.167 e. The second-order valence-corrected chi connectivity index (χ2v) is 4.51. The molecule has 0 aliphatic carbocycles. The number of halogens is 2. The van der Waals surface area contributed by atoms with Crippen LogP contribution in [0.2, 0.25) is 5.02 Å². The second kappa shape index (κ2) is 6.54. The van der Waals surface area contributed by atoms with E-state index in [2.05, 4.69) is 10.3 Å². The van der Waals surface area contributed by atoms with Gasteiger partial charge in [0.1, 0.15) is 5.75 Å². The summed E-state index contributed by atoms with van der Waals surface area (Å²) >= 11 is 5.66. The van der Waals surface area contributed by atoms with Crippen LogP contribution in [0.25, 0.3) is 0 Å². The molecule has 0 bridgehead atoms. The molecule has 1 aromatic heterocycles. The number of rotatable bonds is 5. The molecule has 1 aromatic carbocycles. The summed E-state index contributed by atoms with van der Waals surface area (Å²) in [6.07, 6.45) is 1.38. The lowest BCUT2D eigenvalue weighted by Gasteiger charge is -2.12. The third kappa shape index (κ3) is 3.37.